The van der Waals surface area contributed by atoms with Gasteiger partial charge < -0.3 is 10.0 Å². The first-order valence-corrected chi connectivity index (χ1v) is 11.0. The van der Waals surface area contributed by atoms with Gasteiger partial charge in [0.25, 0.3) is 0 Å². The second-order valence-corrected chi connectivity index (χ2v) is 8.90. The van der Waals surface area contributed by atoms with Crippen LogP contribution in [0, 0.1) is 5.92 Å². The van der Waals surface area contributed by atoms with Gasteiger partial charge >= 0.3 is 0 Å². The lowest BCUT2D eigenvalue weighted by molar-refractivity contribution is -0.199. The molecule has 0 aromatic heterocycles. The fourth-order valence-electron chi connectivity index (χ4n) is 5.89. The monoisotopic (exact) mass is 382 g/mol. The molecule has 3 fully saturated rings. The zero-order valence-electron chi connectivity index (χ0n) is 17.3. The van der Waals surface area contributed by atoms with Gasteiger partial charge in [0.15, 0.2) is 0 Å². The number of amides is 1. The molecule has 1 spiro atoms. The second kappa shape index (κ2) is 8.00. The molecule has 4 rings (SSSR count). The molecule has 2 atom stereocenters. The van der Waals surface area contributed by atoms with Crippen LogP contribution in [0.4, 0.5) is 0 Å². The Labute approximate surface area is 169 Å². The van der Waals surface area contributed by atoms with Gasteiger partial charge in [0, 0.05) is 38.0 Å². The number of nitrogens with zero attached hydrogens (tertiary/aromatic N) is 2. The topological polar surface area (TPSA) is 43.8 Å². The molecule has 1 aromatic carbocycles. The van der Waals surface area contributed by atoms with Gasteiger partial charge in [0.1, 0.15) is 0 Å². The van der Waals surface area contributed by atoms with E-state index in [0.29, 0.717) is 12.3 Å². The van der Waals surface area contributed by atoms with Gasteiger partial charge in [-0.3, -0.25) is 9.69 Å². The lowest BCUT2D eigenvalue weighted by Gasteiger charge is -2.71. The number of carbonyl (C=O) groups is 1. The SMILES string of the molecule is C/C=C/c1ccc([C@@H]2[C@H](CO)N(CC3CCCC3)C23CN(C(=O)CC)C3)cc1. The van der Waals surface area contributed by atoms with Crippen molar-refractivity contribution in [2.24, 2.45) is 5.92 Å². The molecule has 1 N–H and O–H groups in total. The van der Waals surface area contributed by atoms with Gasteiger partial charge in [0.05, 0.1) is 12.1 Å². The number of hydrogen-bond acceptors (Lipinski definition) is 3. The van der Waals surface area contributed by atoms with Crippen molar-refractivity contribution in [3.8, 4) is 0 Å². The van der Waals surface area contributed by atoms with Crippen molar-refractivity contribution in [1.29, 1.82) is 0 Å². The highest BCUT2D eigenvalue weighted by Crippen LogP contribution is 2.54. The van der Waals surface area contributed by atoms with Crippen LogP contribution in [0.25, 0.3) is 6.08 Å². The Bertz CT molecular complexity index is 715. The van der Waals surface area contributed by atoms with E-state index in [9.17, 15) is 9.90 Å². The fourth-order valence-corrected chi connectivity index (χ4v) is 5.89. The van der Waals surface area contributed by atoms with Crippen LogP contribution in [0.1, 0.15) is 63.0 Å². The molecule has 2 aliphatic heterocycles. The largest absolute Gasteiger partial charge is 0.395 e. The van der Waals surface area contributed by atoms with E-state index in [4.69, 9.17) is 0 Å². The van der Waals surface area contributed by atoms with E-state index in [1.165, 1.54) is 36.8 Å². The van der Waals surface area contributed by atoms with E-state index in [1.54, 1.807) is 0 Å². The number of aliphatic hydroxyl groups excluding tert-OH is 1. The first-order valence-electron chi connectivity index (χ1n) is 11.0. The predicted octanol–water partition coefficient (Wildman–Crippen LogP) is 3.66. The number of hydrogen-bond donors (Lipinski definition) is 1. The van der Waals surface area contributed by atoms with E-state index in [0.717, 1.165) is 25.6 Å². The Morgan fingerprint density at radius 2 is 1.89 bits per heavy atom. The molecule has 152 valence electrons. The highest BCUT2D eigenvalue weighted by Gasteiger charge is 2.66. The minimum atomic E-state index is 0.0168. The maximum Gasteiger partial charge on any atom is 0.222 e. The number of carbonyl (C=O) groups excluding carboxylic acids is 1. The molecule has 1 aromatic rings. The summed E-state index contributed by atoms with van der Waals surface area (Å²) in [5, 5.41) is 10.2. The smallest absolute Gasteiger partial charge is 0.222 e. The third-order valence-corrected chi connectivity index (χ3v) is 7.29. The first kappa shape index (κ1) is 19.7. The Hall–Kier alpha value is -1.65. The first-order chi connectivity index (χ1) is 13.6. The maximum absolute atomic E-state index is 12.2. The van der Waals surface area contributed by atoms with E-state index in [1.807, 2.05) is 18.7 Å². The molecule has 4 heteroatoms. The van der Waals surface area contributed by atoms with Crippen molar-refractivity contribution in [3.63, 3.8) is 0 Å². The molecule has 2 heterocycles. The van der Waals surface area contributed by atoms with Crippen LogP contribution in [-0.2, 0) is 4.79 Å². The normalized spacial score (nSPS) is 27.3. The van der Waals surface area contributed by atoms with Gasteiger partial charge in [-0.2, -0.15) is 0 Å². The molecule has 0 unspecified atom stereocenters. The molecule has 1 saturated carbocycles. The third kappa shape index (κ3) is 3.21. The van der Waals surface area contributed by atoms with Crippen LogP contribution in [0.15, 0.2) is 30.3 Å². The quantitative estimate of drug-likeness (QED) is 0.817. The Morgan fingerprint density at radius 3 is 2.46 bits per heavy atom. The average molecular weight is 383 g/mol. The average Bonchev–Trinajstić information content (AvgIpc) is 3.18. The number of benzene rings is 1. The summed E-state index contributed by atoms with van der Waals surface area (Å²) >= 11 is 0. The highest BCUT2D eigenvalue weighted by atomic mass is 16.3. The Morgan fingerprint density at radius 1 is 1.21 bits per heavy atom. The summed E-state index contributed by atoms with van der Waals surface area (Å²) in [6, 6.07) is 8.96. The number of aliphatic hydroxyl groups is 1. The van der Waals surface area contributed by atoms with E-state index >= 15 is 0 Å². The van der Waals surface area contributed by atoms with Crippen molar-refractivity contribution in [1.82, 2.24) is 9.80 Å². The minimum absolute atomic E-state index is 0.0168. The minimum Gasteiger partial charge on any atom is -0.395 e. The summed E-state index contributed by atoms with van der Waals surface area (Å²) in [5.74, 6) is 1.31. The molecule has 3 aliphatic rings. The number of allylic oxidation sites excluding steroid dienone is 1. The molecule has 0 bridgehead atoms. The summed E-state index contributed by atoms with van der Waals surface area (Å²) in [4.78, 5) is 16.8. The molecular formula is C24H34N2O2. The van der Waals surface area contributed by atoms with E-state index in [2.05, 4.69) is 41.3 Å². The van der Waals surface area contributed by atoms with Gasteiger partial charge in [-0.05, 0) is 36.8 Å². The van der Waals surface area contributed by atoms with Crippen LogP contribution in [0.3, 0.4) is 0 Å². The van der Waals surface area contributed by atoms with Gasteiger partial charge in [-0.25, -0.2) is 0 Å². The Kier molecular flexibility index (Phi) is 5.62. The molecule has 1 amide bonds. The van der Waals surface area contributed by atoms with Crippen molar-refractivity contribution in [3.05, 3.63) is 41.5 Å². The zero-order valence-corrected chi connectivity index (χ0v) is 17.3. The van der Waals surface area contributed by atoms with E-state index in [-0.39, 0.29) is 24.1 Å². The van der Waals surface area contributed by atoms with Gasteiger partial charge in [-0.1, -0.05) is 56.2 Å². The van der Waals surface area contributed by atoms with Crippen LogP contribution in [0.2, 0.25) is 0 Å². The summed E-state index contributed by atoms with van der Waals surface area (Å²) in [7, 11) is 0. The molecular weight excluding hydrogens is 348 g/mol. The second-order valence-electron chi connectivity index (χ2n) is 8.90. The third-order valence-electron chi connectivity index (χ3n) is 7.29. The molecule has 0 radical (unpaired) electrons. The van der Waals surface area contributed by atoms with Gasteiger partial charge in [0.2, 0.25) is 5.91 Å². The summed E-state index contributed by atoms with van der Waals surface area (Å²) < 4.78 is 0. The summed E-state index contributed by atoms with van der Waals surface area (Å²) in [5.41, 5.74) is 2.53. The molecule has 28 heavy (non-hydrogen) atoms. The van der Waals surface area contributed by atoms with Crippen LogP contribution in [-0.4, -0.2) is 58.6 Å². The zero-order chi connectivity index (χ0) is 19.7. The Balaban J connectivity index is 1.58. The summed E-state index contributed by atoms with van der Waals surface area (Å²) in [6.07, 6.45) is 10.0. The lowest BCUT2D eigenvalue weighted by Crippen LogP contribution is -2.85. The number of rotatable bonds is 6. The molecule has 2 saturated heterocycles. The molecule has 1 aliphatic carbocycles. The fraction of sp³-hybridized carbons (Fsp3) is 0.625. The van der Waals surface area contributed by atoms with Crippen molar-refractivity contribution < 1.29 is 9.90 Å². The predicted molar refractivity (Wildman–Crippen MR) is 113 cm³/mol. The highest BCUT2D eigenvalue weighted by molar-refractivity contribution is 5.77. The van der Waals surface area contributed by atoms with Crippen LogP contribution in [0.5, 0.6) is 0 Å². The van der Waals surface area contributed by atoms with Crippen LogP contribution < -0.4 is 0 Å². The van der Waals surface area contributed by atoms with Gasteiger partial charge in [-0.15, -0.1) is 0 Å². The van der Waals surface area contributed by atoms with Crippen LogP contribution >= 0.6 is 0 Å². The maximum atomic E-state index is 12.2. The lowest BCUT2D eigenvalue weighted by atomic mass is 9.60. The van der Waals surface area contributed by atoms with Crippen molar-refractivity contribution in [2.75, 3.05) is 26.2 Å². The van der Waals surface area contributed by atoms with E-state index < -0.39 is 0 Å². The molecule has 4 nitrogen and oxygen atoms in total. The van der Waals surface area contributed by atoms with Crippen molar-refractivity contribution >= 4 is 12.0 Å². The summed E-state index contributed by atoms with van der Waals surface area (Å²) in [6.45, 7) is 6.86. The number of likely N-dealkylation sites (tertiary alicyclic amines) is 2. The standard InChI is InChI=1S/C24H34N2O2/c1-3-7-18-10-12-20(13-11-18)23-21(15-27)26(14-19-8-5-6-9-19)24(23)16-25(17-24)22(28)4-2/h3,7,10-13,19,21,23,27H,4-6,8-9,14-17H2,1-2H3/b7-3+/t21-,23+/m0/s1. The van der Waals surface area contributed by atoms with Crippen molar-refractivity contribution in [2.45, 2.75) is 63.5 Å².